The molecular formula is C29H29BrN8O3. The van der Waals surface area contributed by atoms with Crippen molar-refractivity contribution in [1.82, 2.24) is 29.6 Å². The Labute approximate surface area is 244 Å². The van der Waals surface area contributed by atoms with Gasteiger partial charge in [0, 0.05) is 29.4 Å². The van der Waals surface area contributed by atoms with Gasteiger partial charge in [-0.1, -0.05) is 13.0 Å². The van der Waals surface area contributed by atoms with Crippen molar-refractivity contribution in [2.75, 3.05) is 5.32 Å². The highest BCUT2D eigenvalue weighted by atomic mass is 79.9. The summed E-state index contributed by atoms with van der Waals surface area (Å²) in [6.45, 7) is 7.53. The fourth-order valence-electron chi connectivity index (χ4n) is 5.93. The molecule has 1 saturated heterocycles. The summed E-state index contributed by atoms with van der Waals surface area (Å²) in [6, 6.07) is 6.76. The zero-order chi connectivity index (χ0) is 29.2. The number of carbonyl (C=O) groups is 3. The van der Waals surface area contributed by atoms with Crippen LogP contribution in [0, 0.1) is 26.2 Å². The topological polar surface area (TPSA) is 149 Å². The SMILES string of the molecule is Cc1ncc(-c2cc(C)c3c(c2)c(C(N)=O)nn3CC(=O)N2[C@H](C(=O)Nc3nc(Br)ccc3C)C[C@@]3(C)C[C@@H]23)cn1. The minimum Gasteiger partial charge on any atom is -0.364 e. The van der Waals surface area contributed by atoms with Crippen LogP contribution < -0.4 is 11.1 Å². The highest BCUT2D eigenvalue weighted by Crippen LogP contribution is 2.59. The minimum absolute atomic E-state index is 0.0333. The van der Waals surface area contributed by atoms with Crippen LogP contribution in [0.4, 0.5) is 5.82 Å². The van der Waals surface area contributed by atoms with Gasteiger partial charge in [0.15, 0.2) is 5.69 Å². The average molecular weight is 618 g/mol. The Hall–Kier alpha value is -4.19. The highest BCUT2D eigenvalue weighted by Gasteiger charge is 2.64. The number of hydrogen-bond donors (Lipinski definition) is 2. The standard InChI is InChI=1S/C29H29BrN8O3/c1-14-5-6-22(30)34-27(14)35-28(41)20-9-29(4)10-21(29)38(20)23(39)13-37-25-15(2)7-17(18-11-32-16(3)33-12-18)8-19(25)24(36-37)26(31)40/h5-8,11-12,20-21H,9-10,13H2,1-4H3,(H2,31,40)(H,34,35,41)/t20-,21+,29-/m0/s1. The van der Waals surface area contributed by atoms with Crippen molar-refractivity contribution in [2.24, 2.45) is 11.1 Å². The maximum absolute atomic E-state index is 13.9. The van der Waals surface area contributed by atoms with E-state index < -0.39 is 11.9 Å². The maximum Gasteiger partial charge on any atom is 0.269 e. The third-order valence-electron chi connectivity index (χ3n) is 8.20. The second kappa shape index (κ2) is 9.72. The molecule has 3 N–H and O–H groups in total. The number of pyridine rings is 1. The Morgan fingerprint density at radius 1 is 1.07 bits per heavy atom. The molecule has 2 fully saturated rings. The zero-order valence-electron chi connectivity index (χ0n) is 23.1. The molecular weight excluding hydrogens is 588 g/mol. The van der Waals surface area contributed by atoms with Gasteiger partial charge in [-0.2, -0.15) is 5.10 Å². The lowest BCUT2D eigenvalue weighted by molar-refractivity contribution is -0.138. The first-order chi connectivity index (χ1) is 19.4. The van der Waals surface area contributed by atoms with Crippen molar-refractivity contribution in [2.45, 2.75) is 59.2 Å². The Kier molecular flexibility index (Phi) is 6.40. The van der Waals surface area contributed by atoms with Crippen LogP contribution in [-0.4, -0.2) is 59.4 Å². The van der Waals surface area contributed by atoms with Gasteiger partial charge in [0.25, 0.3) is 5.91 Å². The monoisotopic (exact) mass is 616 g/mol. The molecule has 12 heteroatoms. The maximum atomic E-state index is 13.9. The van der Waals surface area contributed by atoms with Crippen LogP contribution >= 0.6 is 15.9 Å². The first-order valence-electron chi connectivity index (χ1n) is 13.3. The molecule has 0 radical (unpaired) electrons. The lowest BCUT2D eigenvalue weighted by Gasteiger charge is -2.27. The smallest absolute Gasteiger partial charge is 0.269 e. The van der Waals surface area contributed by atoms with Crippen molar-refractivity contribution in [1.29, 1.82) is 0 Å². The molecule has 0 bridgehead atoms. The minimum atomic E-state index is -0.692. The van der Waals surface area contributed by atoms with Gasteiger partial charge in [0.05, 0.1) is 5.52 Å². The summed E-state index contributed by atoms with van der Waals surface area (Å²) in [5.74, 6) is -0.102. The normalized spacial score (nSPS) is 21.1. The number of aryl methyl sites for hydroxylation is 3. The van der Waals surface area contributed by atoms with Crippen LogP contribution in [0.1, 0.15) is 47.2 Å². The van der Waals surface area contributed by atoms with Crippen LogP contribution in [0.5, 0.6) is 0 Å². The molecule has 1 saturated carbocycles. The first kappa shape index (κ1) is 27.0. The van der Waals surface area contributed by atoms with E-state index in [-0.39, 0.29) is 35.5 Å². The van der Waals surface area contributed by atoms with E-state index in [0.29, 0.717) is 33.6 Å². The molecule has 3 aromatic heterocycles. The van der Waals surface area contributed by atoms with Crippen LogP contribution in [0.25, 0.3) is 22.0 Å². The van der Waals surface area contributed by atoms with E-state index in [1.165, 1.54) is 4.68 Å². The van der Waals surface area contributed by atoms with Gasteiger partial charge in [0.1, 0.15) is 28.8 Å². The number of benzene rings is 1. The third kappa shape index (κ3) is 4.75. The van der Waals surface area contributed by atoms with E-state index in [1.54, 1.807) is 23.4 Å². The Balaban J connectivity index is 1.32. The molecule has 41 heavy (non-hydrogen) atoms. The van der Waals surface area contributed by atoms with Gasteiger partial charge in [-0.3, -0.25) is 19.1 Å². The number of nitrogens with two attached hydrogens (primary N) is 1. The van der Waals surface area contributed by atoms with E-state index in [4.69, 9.17) is 5.73 Å². The molecule has 0 spiro atoms. The summed E-state index contributed by atoms with van der Waals surface area (Å²) < 4.78 is 2.13. The molecule has 3 atom stereocenters. The van der Waals surface area contributed by atoms with Gasteiger partial charge in [-0.05, 0) is 89.8 Å². The van der Waals surface area contributed by atoms with Gasteiger partial charge in [-0.15, -0.1) is 0 Å². The van der Waals surface area contributed by atoms with E-state index in [2.05, 4.69) is 48.2 Å². The number of nitrogens with one attached hydrogen (secondary N) is 1. The number of hydrogen-bond acceptors (Lipinski definition) is 7. The second-order valence-electron chi connectivity index (χ2n) is 11.3. The van der Waals surface area contributed by atoms with Crippen LogP contribution in [0.3, 0.4) is 0 Å². The number of anilines is 1. The molecule has 4 aromatic rings. The lowest BCUT2D eigenvalue weighted by Crippen LogP contribution is -2.47. The molecule has 210 valence electrons. The number of primary amides is 1. The van der Waals surface area contributed by atoms with Crippen LogP contribution in [0.15, 0.2) is 41.3 Å². The molecule has 2 aliphatic rings. The summed E-state index contributed by atoms with van der Waals surface area (Å²) in [7, 11) is 0. The van der Waals surface area contributed by atoms with E-state index in [9.17, 15) is 14.4 Å². The quantitative estimate of drug-likeness (QED) is 0.314. The number of rotatable bonds is 6. The van der Waals surface area contributed by atoms with Crippen molar-refractivity contribution >= 4 is 50.4 Å². The van der Waals surface area contributed by atoms with Crippen molar-refractivity contribution in [3.63, 3.8) is 0 Å². The summed E-state index contributed by atoms with van der Waals surface area (Å²) >= 11 is 3.35. The Morgan fingerprint density at radius 2 is 1.80 bits per heavy atom. The highest BCUT2D eigenvalue weighted by molar-refractivity contribution is 9.10. The number of aromatic nitrogens is 5. The molecule has 1 aliphatic carbocycles. The molecule has 4 heterocycles. The second-order valence-corrected chi connectivity index (χ2v) is 12.1. The number of halogens is 1. The van der Waals surface area contributed by atoms with Crippen molar-refractivity contribution in [3.05, 3.63) is 63.9 Å². The molecule has 11 nitrogen and oxygen atoms in total. The van der Waals surface area contributed by atoms with Gasteiger partial charge in [0.2, 0.25) is 11.8 Å². The fraction of sp³-hybridized carbons (Fsp3) is 0.345. The number of likely N-dealkylation sites (tertiary alicyclic amines) is 1. The molecule has 0 unspecified atom stereocenters. The zero-order valence-corrected chi connectivity index (χ0v) is 24.7. The number of carbonyl (C=O) groups excluding carboxylic acids is 3. The summed E-state index contributed by atoms with van der Waals surface area (Å²) in [6.07, 6.45) is 4.84. The number of nitrogens with zero attached hydrogens (tertiary/aromatic N) is 6. The first-order valence-corrected chi connectivity index (χ1v) is 14.1. The van der Waals surface area contributed by atoms with Crippen molar-refractivity contribution in [3.8, 4) is 11.1 Å². The molecule has 3 amide bonds. The molecule has 1 aromatic carbocycles. The summed E-state index contributed by atoms with van der Waals surface area (Å²) in [5, 5.41) is 7.93. The van der Waals surface area contributed by atoms with Crippen LogP contribution in [-0.2, 0) is 16.1 Å². The van der Waals surface area contributed by atoms with E-state index in [1.807, 2.05) is 39.0 Å². The van der Waals surface area contributed by atoms with Gasteiger partial charge in [-0.25, -0.2) is 15.0 Å². The van der Waals surface area contributed by atoms with Gasteiger partial charge < -0.3 is 16.0 Å². The number of piperidine rings is 1. The summed E-state index contributed by atoms with van der Waals surface area (Å²) in [4.78, 5) is 54.3. The van der Waals surface area contributed by atoms with Gasteiger partial charge >= 0.3 is 0 Å². The van der Waals surface area contributed by atoms with E-state index >= 15 is 0 Å². The van der Waals surface area contributed by atoms with Crippen molar-refractivity contribution < 1.29 is 14.4 Å². The Morgan fingerprint density at radius 3 is 2.51 bits per heavy atom. The Bertz CT molecular complexity index is 1750. The van der Waals surface area contributed by atoms with Crippen LogP contribution in [0.2, 0.25) is 0 Å². The third-order valence-corrected chi connectivity index (χ3v) is 8.64. The number of fused-ring (bicyclic) bond motifs is 2. The largest absolute Gasteiger partial charge is 0.364 e. The van der Waals surface area contributed by atoms with E-state index in [0.717, 1.165) is 28.7 Å². The predicted molar refractivity (Wildman–Crippen MR) is 156 cm³/mol. The summed E-state index contributed by atoms with van der Waals surface area (Å²) in [5.41, 5.74) is 9.55. The average Bonchev–Trinajstić information content (AvgIpc) is 3.27. The fourth-order valence-corrected chi connectivity index (χ4v) is 6.24. The molecule has 1 aliphatic heterocycles. The predicted octanol–water partition coefficient (Wildman–Crippen LogP) is 3.69. The molecule has 6 rings (SSSR count). The number of amides is 3. The lowest BCUT2D eigenvalue weighted by atomic mass is 10.0.